The van der Waals surface area contributed by atoms with Crippen molar-refractivity contribution in [2.75, 3.05) is 10.6 Å². The molecule has 0 fully saturated rings. The van der Waals surface area contributed by atoms with Crippen LogP contribution in [0, 0.1) is 0 Å². The third-order valence-corrected chi connectivity index (χ3v) is 5.43. The topological polar surface area (TPSA) is 54.0 Å². The van der Waals surface area contributed by atoms with Crippen molar-refractivity contribution in [3.05, 3.63) is 100 Å². The Morgan fingerprint density at radius 1 is 0.862 bits per heavy atom. The van der Waals surface area contributed by atoms with E-state index in [0.29, 0.717) is 15.8 Å². The van der Waals surface area contributed by atoms with Crippen LogP contribution in [-0.2, 0) is 6.42 Å². The highest BCUT2D eigenvalue weighted by Crippen LogP contribution is 2.26. The van der Waals surface area contributed by atoms with Gasteiger partial charge in [0.05, 0.1) is 16.4 Å². The molecule has 2 N–H and O–H groups in total. The van der Waals surface area contributed by atoms with Gasteiger partial charge in [-0.25, -0.2) is 9.78 Å². The molecule has 4 rings (SSSR count). The van der Waals surface area contributed by atoms with E-state index in [4.69, 9.17) is 11.6 Å². The molecule has 0 atom stereocenters. The summed E-state index contributed by atoms with van der Waals surface area (Å²) in [6.07, 6.45) is 0.896. The second-order valence-corrected chi connectivity index (χ2v) is 7.72. The number of urea groups is 1. The molecular formula is C23H18ClN3OS. The zero-order valence-electron chi connectivity index (χ0n) is 15.4. The number of carbonyl (C=O) groups is 1. The second kappa shape index (κ2) is 8.90. The van der Waals surface area contributed by atoms with Gasteiger partial charge in [0.25, 0.3) is 0 Å². The highest BCUT2D eigenvalue weighted by atomic mass is 35.5. The minimum Gasteiger partial charge on any atom is -0.306 e. The van der Waals surface area contributed by atoms with E-state index in [0.717, 1.165) is 17.7 Å². The van der Waals surface area contributed by atoms with Crippen molar-refractivity contribution in [2.24, 2.45) is 0 Å². The first-order chi connectivity index (χ1) is 14.2. The molecular weight excluding hydrogens is 402 g/mol. The van der Waals surface area contributed by atoms with E-state index in [1.165, 1.54) is 22.5 Å². The van der Waals surface area contributed by atoms with Crippen molar-refractivity contribution < 1.29 is 4.79 Å². The first-order valence-corrected chi connectivity index (χ1v) is 10.3. The van der Waals surface area contributed by atoms with Crippen LogP contribution in [0.5, 0.6) is 0 Å². The molecule has 144 valence electrons. The molecule has 0 spiro atoms. The number of rotatable bonds is 5. The van der Waals surface area contributed by atoms with E-state index < -0.39 is 0 Å². The number of nitrogens with one attached hydrogen (secondary N) is 2. The Labute approximate surface area is 178 Å². The standard InChI is InChI=1S/C23H18ClN3OS/c24-19-8-4-5-9-20(19)25-22(28)27-23-26-21(15-29-23)18-12-10-17(11-13-18)14-16-6-2-1-3-7-16/h1-13,15H,14H2,(H2,25,26,27,28). The molecule has 0 aliphatic carbocycles. The highest BCUT2D eigenvalue weighted by Gasteiger charge is 2.09. The van der Waals surface area contributed by atoms with Crippen LogP contribution in [0.1, 0.15) is 11.1 Å². The molecule has 0 aliphatic heterocycles. The van der Waals surface area contributed by atoms with Crippen molar-refractivity contribution in [1.82, 2.24) is 4.98 Å². The Kier molecular flexibility index (Phi) is 5.89. The van der Waals surface area contributed by atoms with Crippen LogP contribution in [0.25, 0.3) is 11.3 Å². The summed E-state index contributed by atoms with van der Waals surface area (Å²) in [5, 5.41) is 8.41. The second-order valence-electron chi connectivity index (χ2n) is 6.46. The highest BCUT2D eigenvalue weighted by molar-refractivity contribution is 7.14. The number of hydrogen-bond donors (Lipinski definition) is 2. The molecule has 0 saturated heterocycles. The van der Waals surface area contributed by atoms with Crippen LogP contribution in [0.15, 0.2) is 84.2 Å². The van der Waals surface area contributed by atoms with Crippen LogP contribution >= 0.6 is 22.9 Å². The molecule has 4 aromatic rings. The molecule has 29 heavy (non-hydrogen) atoms. The lowest BCUT2D eigenvalue weighted by molar-refractivity contribution is 0.262. The van der Waals surface area contributed by atoms with Crippen LogP contribution in [0.2, 0.25) is 5.02 Å². The minimum absolute atomic E-state index is 0.378. The Balaban J connectivity index is 1.39. The number of anilines is 2. The van der Waals surface area contributed by atoms with Gasteiger partial charge in [-0.05, 0) is 29.7 Å². The van der Waals surface area contributed by atoms with Crippen molar-refractivity contribution >= 4 is 39.8 Å². The molecule has 6 heteroatoms. The summed E-state index contributed by atoms with van der Waals surface area (Å²) in [7, 11) is 0. The number of para-hydroxylation sites is 1. The van der Waals surface area contributed by atoms with Crippen molar-refractivity contribution in [3.8, 4) is 11.3 Å². The molecule has 3 aromatic carbocycles. The predicted molar refractivity (Wildman–Crippen MR) is 121 cm³/mol. The van der Waals surface area contributed by atoms with E-state index in [1.54, 1.807) is 12.1 Å². The van der Waals surface area contributed by atoms with E-state index in [2.05, 4.69) is 64.1 Å². The Morgan fingerprint density at radius 3 is 2.31 bits per heavy atom. The largest absolute Gasteiger partial charge is 0.325 e. The average Bonchev–Trinajstić information content (AvgIpc) is 3.19. The summed E-state index contributed by atoms with van der Waals surface area (Å²) >= 11 is 7.44. The summed E-state index contributed by atoms with van der Waals surface area (Å²) in [4.78, 5) is 16.7. The van der Waals surface area contributed by atoms with Gasteiger partial charge in [-0.15, -0.1) is 11.3 Å². The zero-order chi connectivity index (χ0) is 20.1. The number of carbonyl (C=O) groups excluding carboxylic acids is 1. The minimum atomic E-state index is -0.378. The van der Waals surface area contributed by atoms with Gasteiger partial charge in [0.1, 0.15) is 0 Å². The van der Waals surface area contributed by atoms with Crippen LogP contribution in [-0.4, -0.2) is 11.0 Å². The third-order valence-electron chi connectivity index (χ3n) is 4.35. The number of halogens is 1. The van der Waals surface area contributed by atoms with Gasteiger partial charge in [-0.2, -0.15) is 0 Å². The predicted octanol–water partition coefficient (Wildman–Crippen LogP) is 6.70. The van der Waals surface area contributed by atoms with E-state index in [1.807, 2.05) is 23.6 Å². The Bertz CT molecular complexity index is 1110. The van der Waals surface area contributed by atoms with Crippen molar-refractivity contribution in [1.29, 1.82) is 0 Å². The number of nitrogens with zero attached hydrogens (tertiary/aromatic N) is 1. The Hall–Kier alpha value is -3.15. The fourth-order valence-electron chi connectivity index (χ4n) is 2.90. The molecule has 1 aromatic heterocycles. The quantitative estimate of drug-likeness (QED) is 0.378. The van der Waals surface area contributed by atoms with Gasteiger partial charge >= 0.3 is 6.03 Å². The number of benzene rings is 3. The first kappa shape index (κ1) is 19.2. The van der Waals surface area contributed by atoms with Gasteiger partial charge in [0.15, 0.2) is 5.13 Å². The monoisotopic (exact) mass is 419 g/mol. The number of aromatic nitrogens is 1. The number of amides is 2. The fraction of sp³-hybridized carbons (Fsp3) is 0.0435. The normalized spacial score (nSPS) is 10.5. The SMILES string of the molecule is O=C(Nc1nc(-c2ccc(Cc3ccccc3)cc2)cs1)Nc1ccccc1Cl. The maximum atomic E-state index is 12.2. The van der Waals surface area contributed by atoms with Crippen molar-refractivity contribution in [2.45, 2.75) is 6.42 Å². The summed E-state index contributed by atoms with van der Waals surface area (Å²) in [5.74, 6) is 0. The van der Waals surface area contributed by atoms with Gasteiger partial charge in [0, 0.05) is 10.9 Å². The zero-order valence-corrected chi connectivity index (χ0v) is 17.0. The molecule has 0 aliphatic rings. The maximum absolute atomic E-state index is 12.2. The molecule has 0 radical (unpaired) electrons. The molecule has 0 unspecified atom stereocenters. The average molecular weight is 420 g/mol. The summed E-state index contributed by atoms with van der Waals surface area (Å²) in [6, 6.07) is 25.4. The number of hydrogen-bond acceptors (Lipinski definition) is 3. The number of thiazole rings is 1. The molecule has 2 amide bonds. The lowest BCUT2D eigenvalue weighted by atomic mass is 10.0. The summed E-state index contributed by atoms with van der Waals surface area (Å²) in [6.45, 7) is 0. The van der Waals surface area contributed by atoms with Gasteiger partial charge in [-0.3, -0.25) is 5.32 Å². The fourth-order valence-corrected chi connectivity index (χ4v) is 3.80. The smallest absolute Gasteiger partial charge is 0.306 e. The van der Waals surface area contributed by atoms with Crippen LogP contribution in [0.3, 0.4) is 0 Å². The van der Waals surface area contributed by atoms with E-state index in [9.17, 15) is 4.79 Å². The molecule has 4 nitrogen and oxygen atoms in total. The third kappa shape index (κ3) is 5.02. The molecule has 0 saturated carbocycles. The van der Waals surface area contributed by atoms with Gasteiger partial charge in [0.2, 0.25) is 0 Å². The lowest BCUT2D eigenvalue weighted by Gasteiger charge is -2.06. The lowest BCUT2D eigenvalue weighted by Crippen LogP contribution is -2.19. The van der Waals surface area contributed by atoms with Gasteiger partial charge < -0.3 is 5.32 Å². The van der Waals surface area contributed by atoms with E-state index in [-0.39, 0.29) is 6.03 Å². The van der Waals surface area contributed by atoms with E-state index >= 15 is 0 Å². The summed E-state index contributed by atoms with van der Waals surface area (Å²) < 4.78 is 0. The summed E-state index contributed by atoms with van der Waals surface area (Å²) in [5.41, 5.74) is 4.92. The molecule has 1 heterocycles. The first-order valence-electron chi connectivity index (χ1n) is 9.09. The van der Waals surface area contributed by atoms with Gasteiger partial charge in [-0.1, -0.05) is 78.3 Å². The van der Waals surface area contributed by atoms with Crippen LogP contribution < -0.4 is 10.6 Å². The maximum Gasteiger partial charge on any atom is 0.325 e. The molecule has 0 bridgehead atoms. The van der Waals surface area contributed by atoms with Crippen molar-refractivity contribution in [3.63, 3.8) is 0 Å². The van der Waals surface area contributed by atoms with Crippen LogP contribution in [0.4, 0.5) is 15.6 Å². The Morgan fingerprint density at radius 2 is 1.55 bits per heavy atom.